The molecule has 0 aromatic heterocycles. The Hall–Kier alpha value is -1.03. The van der Waals surface area contributed by atoms with Crippen molar-refractivity contribution in [2.24, 2.45) is 5.73 Å². The van der Waals surface area contributed by atoms with Gasteiger partial charge in [-0.3, -0.25) is 5.73 Å². The van der Waals surface area contributed by atoms with E-state index in [4.69, 9.17) is 10.8 Å². The van der Waals surface area contributed by atoms with Crippen molar-refractivity contribution in [2.45, 2.75) is 0 Å². The number of hydrogen-bond donors (Lipinski definition) is 2. The van der Waals surface area contributed by atoms with Crippen molar-refractivity contribution < 1.29 is 14.6 Å². The molecule has 0 radical (unpaired) electrons. The molecule has 0 bridgehead atoms. The summed E-state index contributed by atoms with van der Waals surface area (Å²) < 4.78 is 4.36. The van der Waals surface area contributed by atoms with Crippen molar-refractivity contribution in [2.75, 3.05) is 6.73 Å². The molecule has 4 heteroatoms. The van der Waals surface area contributed by atoms with Gasteiger partial charge in [-0.05, 0) is 0 Å². The molecule has 0 aliphatic heterocycles. The lowest BCUT2D eigenvalue weighted by molar-refractivity contribution is -0.131. The molecule has 46 valence electrons. The minimum Gasteiger partial charge on any atom is -0.486 e. The van der Waals surface area contributed by atoms with E-state index in [1.807, 2.05) is 0 Å². The quantitative estimate of drug-likeness (QED) is 0.297. The summed E-state index contributed by atoms with van der Waals surface area (Å²) in [6.07, 6.45) is 1.90. The molecule has 0 saturated carbocycles. The van der Waals surface area contributed by atoms with Crippen molar-refractivity contribution in [3.05, 3.63) is 12.3 Å². The predicted molar refractivity (Wildman–Crippen MR) is 26.9 cm³/mol. The van der Waals surface area contributed by atoms with Gasteiger partial charge >= 0.3 is 5.97 Å². The van der Waals surface area contributed by atoms with E-state index < -0.39 is 5.97 Å². The van der Waals surface area contributed by atoms with Crippen molar-refractivity contribution in [1.82, 2.24) is 0 Å². The highest BCUT2D eigenvalue weighted by molar-refractivity contribution is 5.79. The number of carboxylic acids is 1. The van der Waals surface area contributed by atoms with Crippen LogP contribution in [0.2, 0.25) is 0 Å². The average molecular weight is 117 g/mol. The standard InChI is InChI=1S/C4H7NO3/c5-3-8-2-1-4(6)7/h1-2H,3,5H2,(H,6,7). The second-order valence-electron chi connectivity index (χ2n) is 0.974. The van der Waals surface area contributed by atoms with Gasteiger partial charge in [0.1, 0.15) is 6.73 Å². The van der Waals surface area contributed by atoms with Crippen molar-refractivity contribution in [3.8, 4) is 0 Å². The second kappa shape index (κ2) is 4.14. The maximum absolute atomic E-state index is 9.67. The molecule has 8 heavy (non-hydrogen) atoms. The van der Waals surface area contributed by atoms with Gasteiger partial charge in [-0.15, -0.1) is 0 Å². The lowest BCUT2D eigenvalue weighted by Crippen LogP contribution is -1.99. The van der Waals surface area contributed by atoms with Crippen LogP contribution in [0.5, 0.6) is 0 Å². The topological polar surface area (TPSA) is 72.5 Å². The molecule has 0 unspecified atom stereocenters. The van der Waals surface area contributed by atoms with Gasteiger partial charge in [-0.25, -0.2) is 4.79 Å². The normalized spacial score (nSPS) is 9.62. The minimum absolute atomic E-state index is 0.00375. The molecule has 3 N–H and O–H groups in total. The molecule has 0 heterocycles. The Labute approximate surface area is 46.6 Å². The van der Waals surface area contributed by atoms with Crippen LogP contribution in [-0.4, -0.2) is 17.8 Å². The van der Waals surface area contributed by atoms with Crippen LogP contribution in [0.25, 0.3) is 0 Å². The van der Waals surface area contributed by atoms with Gasteiger partial charge < -0.3 is 9.84 Å². The van der Waals surface area contributed by atoms with Gasteiger partial charge in [0.15, 0.2) is 0 Å². The van der Waals surface area contributed by atoms with E-state index in [0.717, 1.165) is 12.3 Å². The maximum atomic E-state index is 9.67. The summed E-state index contributed by atoms with van der Waals surface area (Å²) in [6, 6.07) is 0. The average Bonchev–Trinajstić information content (AvgIpc) is 1.66. The van der Waals surface area contributed by atoms with Crippen LogP contribution < -0.4 is 5.73 Å². The van der Waals surface area contributed by atoms with Crippen LogP contribution in [0.4, 0.5) is 0 Å². The monoisotopic (exact) mass is 117 g/mol. The van der Waals surface area contributed by atoms with E-state index in [0.29, 0.717) is 0 Å². The first-order valence-electron chi connectivity index (χ1n) is 1.98. The van der Waals surface area contributed by atoms with Gasteiger partial charge in [-0.1, -0.05) is 0 Å². The first kappa shape index (κ1) is 6.97. The minimum atomic E-state index is -1.04. The number of carbonyl (C=O) groups is 1. The van der Waals surface area contributed by atoms with Crippen LogP contribution >= 0.6 is 0 Å². The van der Waals surface area contributed by atoms with Gasteiger partial charge in [0.2, 0.25) is 0 Å². The van der Waals surface area contributed by atoms with Crippen molar-refractivity contribution in [3.63, 3.8) is 0 Å². The molecule has 0 rings (SSSR count). The molecule has 4 nitrogen and oxygen atoms in total. The molecular formula is C4H7NO3. The summed E-state index contributed by atoms with van der Waals surface area (Å²) in [5, 5.41) is 7.93. The Morgan fingerprint density at radius 1 is 1.88 bits per heavy atom. The number of nitrogens with two attached hydrogens (primary N) is 1. The third kappa shape index (κ3) is 4.97. The molecule has 0 aliphatic rings. The van der Waals surface area contributed by atoms with Crippen molar-refractivity contribution in [1.29, 1.82) is 0 Å². The number of rotatable bonds is 3. The molecular weight excluding hydrogens is 110 g/mol. The molecule has 0 aromatic rings. The predicted octanol–water partition coefficient (Wildman–Crippen LogP) is -0.482. The summed E-state index contributed by atoms with van der Waals surface area (Å²) in [5.74, 6) is -1.04. The van der Waals surface area contributed by atoms with E-state index in [2.05, 4.69) is 4.74 Å². The Morgan fingerprint density at radius 3 is 2.88 bits per heavy atom. The number of carboxylic acid groups (broad SMARTS) is 1. The molecule has 0 aliphatic carbocycles. The third-order valence-electron chi connectivity index (χ3n) is 0.403. The summed E-state index contributed by atoms with van der Waals surface area (Å²) in [6.45, 7) is 0.00375. The Balaban J connectivity index is 3.20. The number of aliphatic carboxylic acids is 1. The molecule has 0 saturated heterocycles. The van der Waals surface area contributed by atoms with E-state index in [1.54, 1.807) is 0 Å². The molecule has 0 spiro atoms. The van der Waals surface area contributed by atoms with Gasteiger partial charge in [0.25, 0.3) is 0 Å². The first-order valence-corrected chi connectivity index (χ1v) is 1.98. The highest BCUT2D eigenvalue weighted by Crippen LogP contribution is 1.72. The van der Waals surface area contributed by atoms with Gasteiger partial charge in [0.05, 0.1) is 12.3 Å². The van der Waals surface area contributed by atoms with E-state index in [-0.39, 0.29) is 6.73 Å². The van der Waals surface area contributed by atoms with E-state index in [9.17, 15) is 4.79 Å². The summed E-state index contributed by atoms with van der Waals surface area (Å²) >= 11 is 0. The second-order valence-corrected chi connectivity index (χ2v) is 0.974. The number of hydrogen-bond acceptors (Lipinski definition) is 3. The zero-order valence-corrected chi connectivity index (χ0v) is 4.20. The van der Waals surface area contributed by atoms with Crippen LogP contribution in [0.15, 0.2) is 12.3 Å². The largest absolute Gasteiger partial charge is 0.486 e. The van der Waals surface area contributed by atoms with Crippen molar-refractivity contribution >= 4 is 5.97 Å². The Bertz CT molecular complexity index is 99.5. The molecule has 0 aromatic carbocycles. The molecule has 0 fully saturated rings. The van der Waals surface area contributed by atoms with Crippen LogP contribution in [0.1, 0.15) is 0 Å². The van der Waals surface area contributed by atoms with Crippen LogP contribution in [0, 0.1) is 0 Å². The smallest absolute Gasteiger partial charge is 0.331 e. The Kier molecular flexibility index (Phi) is 3.60. The zero-order valence-electron chi connectivity index (χ0n) is 4.20. The fourth-order valence-corrected chi connectivity index (χ4v) is 0.162. The van der Waals surface area contributed by atoms with E-state index >= 15 is 0 Å². The zero-order chi connectivity index (χ0) is 6.41. The highest BCUT2D eigenvalue weighted by Gasteiger charge is 1.81. The fraction of sp³-hybridized carbons (Fsp3) is 0.250. The summed E-state index contributed by atoms with van der Waals surface area (Å²) in [7, 11) is 0. The number of ether oxygens (including phenoxy) is 1. The highest BCUT2D eigenvalue weighted by atomic mass is 16.5. The lowest BCUT2D eigenvalue weighted by Gasteiger charge is -1.87. The first-order chi connectivity index (χ1) is 3.77. The molecule has 0 amide bonds. The Morgan fingerprint density at radius 2 is 2.50 bits per heavy atom. The van der Waals surface area contributed by atoms with Crippen LogP contribution in [0.3, 0.4) is 0 Å². The fourth-order valence-electron chi connectivity index (χ4n) is 0.162. The maximum Gasteiger partial charge on any atom is 0.331 e. The summed E-state index contributed by atoms with van der Waals surface area (Å²) in [4.78, 5) is 9.67. The van der Waals surface area contributed by atoms with Gasteiger partial charge in [-0.2, -0.15) is 0 Å². The van der Waals surface area contributed by atoms with Crippen LogP contribution in [-0.2, 0) is 9.53 Å². The SMILES string of the molecule is NCOC=CC(=O)O. The summed E-state index contributed by atoms with van der Waals surface area (Å²) in [5.41, 5.74) is 4.85. The van der Waals surface area contributed by atoms with E-state index in [1.165, 1.54) is 0 Å². The third-order valence-corrected chi connectivity index (χ3v) is 0.403. The molecule has 0 atom stereocenters. The van der Waals surface area contributed by atoms with Gasteiger partial charge in [0, 0.05) is 0 Å². The lowest BCUT2D eigenvalue weighted by atomic mass is 10.6.